The second kappa shape index (κ2) is 6.16. The molecule has 3 heterocycles. The summed E-state index contributed by atoms with van der Waals surface area (Å²) < 4.78 is 7.19. The molecule has 1 saturated carbocycles. The number of carbonyl (C=O) groups excluding carboxylic acids is 1. The number of nitrogens with two attached hydrogens (primary N) is 1. The van der Waals surface area contributed by atoms with E-state index in [0.29, 0.717) is 23.2 Å². The van der Waals surface area contributed by atoms with E-state index in [1.807, 2.05) is 12.1 Å². The maximum absolute atomic E-state index is 11.8. The zero-order chi connectivity index (χ0) is 16.7. The smallest absolute Gasteiger partial charge is 0.269 e. The van der Waals surface area contributed by atoms with Crippen LogP contribution in [0.3, 0.4) is 0 Å². The third kappa shape index (κ3) is 2.79. The van der Waals surface area contributed by atoms with Crippen molar-refractivity contribution >= 4 is 17.5 Å². The van der Waals surface area contributed by atoms with Crippen LogP contribution in [0.25, 0.3) is 5.69 Å². The number of primary amides is 1. The van der Waals surface area contributed by atoms with Crippen molar-refractivity contribution in [2.45, 2.75) is 24.9 Å². The van der Waals surface area contributed by atoms with Crippen LogP contribution < -0.4 is 11.1 Å². The molecule has 2 aromatic heterocycles. The average Bonchev–Trinajstić information content (AvgIpc) is 3.38. The van der Waals surface area contributed by atoms with E-state index in [9.17, 15) is 4.79 Å². The molecule has 2 aliphatic rings. The van der Waals surface area contributed by atoms with Crippen LogP contribution in [0.4, 0.5) is 0 Å². The SMILES string of the molecule is NC(=O)c1c(Cl)c(C2CC2)nn1-c1ccc([C@@H]2CNCCO2)nc1. The quantitative estimate of drug-likeness (QED) is 0.875. The fraction of sp³-hybridized carbons (Fsp3) is 0.438. The van der Waals surface area contributed by atoms with Crippen molar-refractivity contribution in [3.05, 3.63) is 40.4 Å². The second-order valence-electron chi connectivity index (χ2n) is 6.10. The Labute approximate surface area is 144 Å². The number of ether oxygens (including phenoxy) is 1. The first-order valence-electron chi connectivity index (χ1n) is 8.02. The number of nitrogens with zero attached hydrogens (tertiary/aromatic N) is 3. The lowest BCUT2D eigenvalue weighted by atomic mass is 10.2. The Bertz CT molecular complexity index is 764. The Morgan fingerprint density at radius 2 is 2.25 bits per heavy atom. The Hall–Kier alpha value is -1.96. The first kappa shape index (κ1) is 15.6. The van der Waals surface area contributed by atoms with Crippen LogP contribution in [0.15, 0.2) is 18.3 Å². The maximum atomic E-state index is 11.8. The summed E-state index contributed by atoms with van der Waals surface area (Å²) in [5.41, 5.74) is 7.95. The Kier molecular flexibility index (Phi) is 3.99. The molecule has 2 aromatic rings. The van der Waals surface area contributed by atoms with Crippen molar-refractivity contribution in [3.8, 4) is 5.69 Å². The Morgan fingerprint density at radius 1 is 1.42 bits per heavy atom. The van der Waals surface area contributed by atoms with Crippen LogP contribution in [0.5, 0.6) is 0 Å². The highest BCUT2D eigenvalue weighted by atomic mass is 35.5. The number of rotatable bonds is 4. The van der Waals surface area contributed by atoms with Gasteiger partial charge in [-0.1, -0.05) is 11.6 Å². The van der Waals surface area contributed by atoms with Gasteiger partial charge in [0, 0.05) is 19.0 Å². The predicted octanol–water partition coefficient (Wildman–Crippen LogP) is 1.56. The van der Waals surface area contributed by atoms with E-state index in [1.54, 1.807) is 6.20 Å². The number of morpholine rings is 1. The van der Waals surface area contributed by atoms with Gasteiger partial charge in [0.15, 0.2) is 5.69 Å². The predicted molar refractivity (Wildman–Crippen MR) is 88.4 cm³/mol. The van der Waals surface area contributed by atoms with Crippen LogP contribution in [0, 0.1) is 0 Å². The second-order valence-corrected chi connectivity index (χ2v) is 6.48. The van der Waals surface area contributed by atoms with Crippen molar-refractivity contribution < 1.29 is 9.53 Å². The highest BCUT2D eigenvalue weighted by Crippen LogP contribution is 2.43. The summed E-state index contributed by atoms with van der Waals surface area (Å²) >= 11 is 6.33. The highest BCUT2D eigenvalue weighted by molar-refractivity contribution is 6.34. The van der Waals surface area contributed by atoms with Gasteiger partial charge in [0.25, 0.3) is 5.91 Å². The number of nitrogens with one attached hydrogen (secondary N) is 1. The van der Waals surface area contributed by atoms with Crippen molar-refractivity contribution in [2.75, 3.05) is 19.7 Å². The third-order valence-electron chi connectivity index (χ3n) is 4.32. The minimum Gasteiger partial charge on any atom is -0.369 e. The summed E-state index contributed by atoms with van der Waals surface area (Å²) in [6.07, 6.45) is 3.68. The number of halogens is 1. The first-order chi connectivity index (χ1) is 11.6. The third-order valence-corrected chi connectivity index (χ3v) is 4.70. The van der Waals surface area contributed by atoms with Gasteiger partial charge in [0.1, 0.15) is 6.10 Å². The Balaban J connectivity index is 1.68. The van der Waals surface area contributed by atoms with E-state index >= 15 is 0 Å². The molecule has 8 heteroatoms. The molecule has 1 amide bonds. The summed E-state index contributed by atoms with van der Waals surface area (Å²) in [7, 11) is 0. The van der Waals surface area contributed by atoms with Crippen LogP contribution in [-0.2, 0) is 4.74 Å². The van der Waals surface area contributed by atoms with Gasteiger partial charge in [0.2, 0.25) is 0 Å². The molecule has 0 bridgehead atoms. The van der Waals surface area contributed by atoms with Gasteiger partial charge < -0.3 is 15.8 Å². The van der Waals surface area contributed by atoms with Crippen molar-refractivity contribution in [3.63, 3.8) is 0 Å². The lowest BCUT2D eigenvalue weighted by Crippen LogP contribution is -2.33. The van der Waals surface area contributed by atoms with Crippen molar-refractivity contribution in [2.24, 2.45) is 5.73 Å². The molecule has 0 spiro atoms. The largest absolute Gasteiger partial charge is 0.369 e. The molecule has 0 radical (unpaired) electrons. The van der Waals surface area contributed by atoms with E-state index < -0.39 is 5.91 Å². The van der Waals surface area contributed by atoms with Gasteiger partial charge in [-0.05, 0) is 25.0 Å². The molecule has 126 valence electrons. The lowest BCUT2D eigenvalue weighted by Gasteiger charge is -2.23. The van der Waals surface area contributed by atoms with Crippen molar-refractivity contribution in [1.82, 2.24) is 20.1 Å². The average molecular weight is 348 g/mol. The molecule has 3 N–H and O–H groups in total. The van der Waals surface area contributed by atoms with Crippen molar-refractivity contribution in [1.29, 1.82) is 0 Å². The summed E-state index contributed by atoms with van der Waals surface area (Å²) in [6, 6.07) is 3.73. The van der Waals surface area contributed by atoms with Gasteiger partial charge in [-0.15, -0.1) is 0 Å². The zero-order valence-corrected chi connectivity index (χ0v) is 13.8. The molecule has 4 rings (SSSR count). The van der Waals surface area contributed by atoms with Crippen LogP contribution in [0.1, 0.15) is 46.7 Å². The molecular formula is C16H18ClN5O2. The standard InChI is InChI=1S/C16H18ClN5O2/c17-13-14(9-1-2-9)21-22(15(13)16(18)23)10-3-4-11(20-7-10)12-8-19-5-6-24-12/h3-4,7,9,12,19H,1-2,5-6,8H2,(H2,18,23)/t12-/m0/s1. The van der Waals surface area contributed by atoms with E-state index in [-0.39, 0.29) is 11.8 Å². The summed E-state index contributed by atoms with van der Waals surface area (Å²) in [5, 5.41) is 8.13. The number of amides is 1. The number of aromatic nitrogens is 3. The minimum atomic E-state index is -0.594. The van der Waals surface area contributed by atoms with Gasteiger partial charge in [-0.3, -0.25) is 9.78 Å². The first-order valence-corrected chi connectivity index (χ1v) is 8.40. The molecule has 1 atom stereocenters. The van der Waals surface area contributed by atoms with Crippen LogP contribution >= 0.6 is 11.6 Å². The Morgan fingerprint density at radius 3 is 2.83 bits per heavy atom. The summed E-state index contributed by atoms with van der Waals surface area (Å²) in [6.45, 7) is 2.25. The molecular weight excluding hydrogens is 330 g/mol. The number of pyridine rings is 1. The van der Waals surface area contributed by atoms with E-state index in [2.05, 4.69) is 15.4 Å². The molecule has 1 aliphatic carbocycles. The zero-order valence-electron chi connectivity index (χ0n) is 13.0. The summed E-state index contributed by atoms with van der Waals surface area (Å²) in [4.78, 5) is 16.3. The number of hydrogen-bond donors (Lipinski definition) is 2. The monoisotopic (exact) mass is 347 g/mol. The van der Waals surface area contributed by atoms with Gasteiger partial charge in [-0.25, -0.2) is 4.68 Å². The molecule has 1 saturated heterocycles. The lowest BCUT2D eigenvalue weighted by molar-refractivity contribution is 0.0250. The van der Waals surface area contributed by atoms with Crippen LogP contribution in [0.2, 0.25) is 5.02 Å². The molecule has 2 fully saturated rings. The van der Waals surface area contributed by atoms with E-state index in [0.717, 1.165) is 37.3 Å². The van der Waals surface area contributed by atoms with Gasteiger partial charge in [0.05, 0.1) is 34.9 Å². The summed E-state index contributed by atoms with van der Waals surface area (Å²) in [5.74, 6) is -0.269. The minimum absolute atomic E-state index is 0.0633. The topological polar surface area (TPSA) is 95.1 Å². The fourth-order valence-corrected chi connectivity index (χ4v) is 3.27. The molecule has 24 heavy (non-hydrogen) atoms. The van der Waals surface area contributed by atoms with Gasteiger partial charge in [-0.2, -0.15) is 5.10 Å². The molecule has 1 aliphatic heterocycles. The van der Waals surface area contributed by atoms with Gasteiger partial charge >= 0.3 is 0 Å². The maximum Gasteiger partial charge on any atom is 0.269 e. The molecule has 0 aromatic carbocycles. The van der Waals surface area contributed by atoms with Crippen LogP contribution in [-0.4, -0.2) is 40.4 Å². The molecule has 7 nitrogen and oxygen atoms in total. The fourth-order valence-electron chi connectivity index (χ4n) is 2.90. The highest BCUT2D eigenvalue weighted by Gasteiger charge is 2.33. The van der Waals surface area contributed by atoms with E-state index in [4.69, 9.17) is 22.1 Å². The molecule has 0 unspecified atom stereocenters. The number of carbonyl (C=O) groups is 1. The van der Waals surface area contributed by atoms with E-state index in [1.165, 1.54) is 4.68 Å². The number of hydrogen-bond acceptors (Lipinski definition) is 5. The normalized spacial score (nSPS) is 21.0.